The molecule has 0 aromatic heterocycles. The van der Waals surface area contributed by atoms with Crippen molar-refractivity contribution in [2.75, 3.05) is 0 Å². The SMILES string of the molecule is CC1=C(O)C=CC(C)C=C1. The van der Waals surface area contributed by atoms with Crippen LogP contribution in [-0.4, -0.2) is 5.11 Å². The molecule has 1 nitrogen and oxygen atoms in total. The highest BCUT2D eigenvalue weighted by Gasteiger charge is 1.98. The van der Waals surface area contributed by atoms with E-state index in [2.05, 4.69) is 13.0 Å². The van der Waals surface area contributed by atoms with E-state index in [0.717, 1.165) is 5.57 Å². The van der Waals surface area contributed by atoms with Gasteiger partial charge in [-0.1, -0.05) is 25.2 Å². The van der Waals surface area contributed by atoms with E-state index in [1.165, 1.54) is 0 Å². The van der Waals surface area contributed by atoms with Gasteiger partial charge in [-0.2, -0.15) is 0 Å². The van der Waals surface area contributed by atoms with Gasteiger partial charge in [0.15, 0.2) is 0 Å². The molecule has 10 heavy (non-hydrogen) atoms. The lowest BCUT2D eigenvalue weighted by Gasteiger charge is -1.91. The first-order valence-corrected chi connectivity index (χ1v) is 3.46. The monoisotopic (exact) mass is 136 g/mol. The maximum Gasteiger partial charge on any atom is 0.118 e. The first-order valence-electron chi connectivity index (χ1n) is 3.46. The number of allylic oxidation sites excluding steroid dienone is 5. The summed E-state index contributed by atoms with van der Waals surface area (Å²) in [6.45, 7) is 3.98. The molecule has 0 radical (unpaired) electrons. The first kappa shape index (κ1) is 7.13. The molecule has 0 saturated carbocycles. The predicted molar refractivity (Wildman–Crippen MR) is 42.8 cm³/mol. The normalized spacial score (nSPS) is 25.2. The molecule has 0 aliphatic heterocycles. The van der Waals surface area contributed by atoms with Crippen molar-refractivity contribution >= 4 is 0 Å². The van der Waals surface area contributed by atoms with Crippen molar-refractivity contribution in [1.82, 2.24) is 0 Å². The molecule has 1 unspecified atom stereocenters. The fourth-order valence-corrected chi connectivity index (χ4v) is 0.820. The van der Waals surface area contributed by atoms with Crippen molar-refractivity contribution in [3.63, 3.8) is 0 Å². The van der Waals surface area contributed by atoms with Crippen molar-refractivity contribution in [3.05, 3.63) is 35.6 Å². The van der Waals surface area contributed by atoms with Crippen LogP contribution in [0.25, 0.3) is 0 Å². The van der Waals surface area contributed by atoms with E-state index in [1.54, 1.807) is 6.08 Å². The van der Waals surface area contributed by atoms with Crippen molar-refractivity contribution in [1.29, 1.82) is 0 Å². The van der Waals surface area contributed by atoms with Crippen LogP contribution in [0.1, 0.15) is 13.8 Å². The number of hydrogen-bond donors (Lipinski definition) is 1. The van der Waals surface area contributed by atoms with Crippen LogP contribution < -0.4 is 0 Å². The molecule has 1 atom stereocenters. The number of hydrogen-bond acceptors (Lipinski definition) is 1. The standard InChI is InChI=1S/C9H12O/c1-7-3-5-8(2)9(10)6-4-7/h3-7,10H,1-2H3. The molecular formula is C9H12O. The second-order valence-corrected chi connectivity index (χ2v) is 2.65. The molecule has 0 bridgehead atoms. The highest BCUT2D eigenvalue weighted by molar-refractivity contribution is 5.30. The summed E-state index contributed by atoms with van der Waals surface area (Å²) >= 11 is 0. The van der Waals surface area contributed by atoms with Crippen LogP contribution >= 0.6 is 0 Å². The van der Waals surface area contributed by atoms with Crippen LogP contribution in [0.15, 0.2) is 35.6 Å². The van der Waals surface area contributed by atoms with Gasteiger partial charge in [-0.05, 0) is 24.5 Å². The molecule has 0 aromatic rings. The maximum atomic E-state index is 9.22. The van der Waals surface area contributed by atoms with Gasteiger partial charge in [-0.3, -0.25) is 0 Å². The average molecular weight is 136 g/mol. The van der Waals surface area contributed by atoms with Crippen LogP contribution in [-0.2, 0) is 0 Å². The summed E-state index contributed by atoms with van der Waals surface area (Å²) < 4.78 is 0. The van der Waals surface area contributed by atoms with Crippen molar-refractivity contribution in [2.45, 2.75) is 13.8 Å². The summed E-state index contributed by atoms with van der Waals surface area (Å²) in [5.74, 6) is 0.806. The summed E-state index contributed by atoms with van der Waals surface area (Å²) in [5.41, 5.74) is 0.931. The third kappa shape index (κ3) is 1.50. The van der Waals surface area contributed by atoms with Gasteiger partial charge in [-0.25, -0.2) is 0 Å². The lowest BCUT2D eigenvalue weighted by molar-refractivity contribution is 0.427. The Balaban J connectivity index is 2.91. The minimum atomic E-state index is 0.376. The molecule has 1 heteroatoms. The lowest BCUT2D eigenvalue weighted by atomic mass is 10.1. The third-order valence-electron chi connectivity index (χ3n) is 1.61. The Bertz CT molecular complexity index is 187. The number of aliphatic hydroxyl groups excluding tert-OH is 1. The molecular weight excluding hydrogens is 124 g/mol. The number of aliphatic hydroxyl groups is 1. The van der Waals surface area contributed by atoms with E-state index in [4.69, 9.17) is 0 Å². The fourth-order valence-electron chi connectivity index (χ4n) is 0.820. The third-order valence-corrected chi connectivity index (χ3v) is 1.61. The Morgan fingerprint density at radius 3 is 2.60 bits per heavy atom. The number of rotatable bonds is 0. The zero-order chi connectivity index (χ0) is 7.56. The van der Waals surface area contributed by atoms with E-state index in [9.17, 15) is 5.11 Å². The molecule has 1 aliphatic carbocycles. The molecule has 1 N–H and O–H groups in total. The molecule has 0 aromatic carbocycles. The smallest absolute Gasteiger partial charge is 0.118 e. The van der Waals surface area contributed by atoms with Gasteiger partial charge < -0.3 is 5.11 Å². The minimum Gasteiger partial charge on any atom is -0.508 e. The molecule has 1 rings (SSSR count). The van der Waals surface area contributed by atoms with Crippen LogP contribution in [0.2, 0.25) is 0 Å². The molecule has 0 heterocycles. The Morgan fingerprint density at radius 1 is 1.30 bits per heavy atom. The second kappa shape index (κ2) is 2.74. The van der Waals surface area contributed by atoms with Gasteiger partial charge in [0, 0.05) is 0 Å². The largest absolute Gasteiger partial charge is 0.508 e. The van der Waals surface area contributed by atoms with Gasteiger partial charge in [-0.15, -0.1) is 0 Å². The topological polar surface area (TPSA) is 20.2 Å². The quantitative estimate of drug-likeness (QED) is 0.542. The van der Waals surface area contributed by atoms with E-state index >= 15 is 0 Å². The van der Waals surface area contributed by atoms with E-state index in [-0.39, 0.29) is 0 Å². The van der Waals surface area contributed by atoms with Gasteiger partial charge in [0.05, 0.1) is 0 Å². The zero-order valence-corrected chi connectivity index (χ0v) is 6.33. The molecule has 54 valence electrons. The predicted octanol–water partition coefficient (Wildman–Crippen LogP) is 2.58. The maximum absolute atomic E-state index is 9.22. The van der Waals surface area contributed by atoms with Crippen LogP contribution in [0.3, 0.4) is 0 Å². The molecule has 0 spiro atoms. The van der Waals surface area contributed by atoms with Crippen molar-refractivity contribution in [2.24, 2.45) is 5.92 Å². The Kier molecular flexibility index (Phi) is 1.95. The molecule has 1 aliphatic rings. The summed E-state index contributed by atoms with van der Waals surface area (Å²) in [6, 6.07) is 0. The first-order chi connectivity index (χ1) is 4.70. The second-order valence-electron chi connectivity index (χ2n) is 2.65. The lowest BCUT2D eigenvalue weighted by Crippen LogP contribution is -1.78. The Morgan fingerprint density at radius 2 is 1.90 bits per heavy atom. The molecule has 0 amide bonds. The van der Waals surface area contributed by atoms with Gasteiger partial charge >= 0.3 is 0 Å². The summed E-state index contributed by atoms with van der Waals surface area (Å²) in [5, 5.41) is 9.22. The Hall–Kier alpha value is -0.980. The average Bonchev–Trinajstić information content (AvgIpc) is 2.04. The molecule has 0 fully saturated rings. The van der Waals surface area contributed by atoms with E-state index in [0.29, 0.717) is 11.7 Å². The molecule has 0 saturated heterocycles. The van der Waals surface area contributed by atoms with Crippen molar-refractivity contribution < 1.29 is 5.11 Å². The van der Waals surface area contributed by atoms with Gasteiger partial charge in [0.2, 0.25) is 0 Å². The highest BCUT2D eigenvalue weighted by atomic mass is 16.3. The summed E-state index contributed by atoms with van der Waals surface area (Å²) in [4.78, 5) is 0. The van der Waals surface area contributed by atoms with Crippen molar-refractivity contribution in [3.8, 4) is 0 Å². The van der Waals surface area contributed by atoms with E-state index in [1.807, 2.05) is 19.1 Å². The van der Waals surface area contributed by atoms with Gasteiger partial charge in [0.1, 0.15) is 5.76 Å². The minimum absolute atomic E-state index is 0.376. The van der Waals surface area contributed by atoms with Crippen LogP contribution in [0.4, 0.5) is 0 Å². The zero-order valence-electron chi connectivity index (χ0n) is 6.33. The highest BCUT2D eigenvalue weighted by Crippen LogP contribution is 2.12. The van der Waals surface area contributed by atoms with E-state index < -0.39 is 0 Å². The van der Waals surface area contributed by atoms with Crippen LogP contribution in [0, 0.1) is 5.92 Å². The summed E-state index contributed by atoms with van der Waals surface area (Å²) in [6.07, 6.45) is 7.73. The fraction of sp³-hybridized carbons (Fsp3) is 0.333. The van der Waals surface area contributed by atoms with Crippen LogP contribution in [0.5, 0.6) is 0 Å². The summed E-state index contributed by atoms with van der Waals surface area (Å²) in [7, 11) is 0. The van der Waals surface area contributed by atoms with Gasteiger partial charge in [0.25, 0.3) is 0 Å². The Labute approximate surface area is 61.4 Å².